The van der Waals surface area contributed by atoms with Gasteiger partial charge in [0, 0.05) is 0 Å². The molecule has 0 aliphatic carbocycles. The number of furan rings is 1. The first-order valence-electron chi connectivity index (χ1n) is 5.32. The van der Waals surface area contributed by atoms with Crippen LogP contribution in [0, 0.1) is 12.7 Å². The zero-order valence-corrected chi connectivity index (χ0v) is 10.2. The topological polar surface area (TPSA) is 39.2 Å². The highest BCUT2D eigenvalue weighted by molar-refractivity contribution is 6.30. The molecule has 1 heterocycles. The summed E-state index contributed by atoms with van der Waals surface area (Å²) >= 11 is 5.71. The lowest BCUT2D eigenvalue weighted by Crippen LogP contribution is -2.13. The normalized spacial score (nSPS) is 12.7. The fraction of sp³-hybridized carbons (Fsp3) is 0.231. The molecule has 1 atom stereocenters. The SMILES string of the molecule is Cc1ccc(C(N)Cc2cccc(Cl)c2F)o1. The average Bonchev–Trinajstić information content (AvgIpc) is 2.72. The maximum atomic E-state index is 13.7. The maximum absolute atomic E-state index is 13.7. The first-order chi connectivity index (χ1) is 8.08. The third-order valence-electron chi connectivity index (χ3n) is 2.60. The first kappa shape index (κ1) is 12.1. The summed E-state index contributed by atoms with van der Waals surface area (Å²) in [4.78, 5) is 0. The Kier molecular flexibility index (Phi) is 3.50. The molecule has 0 fully saturated rings. The van der Waals surface area contributed by atoms with E-state index in [-0.39, 0.29) is 11.1 Å². The zero-order valence-electron chi connectivity index (χ0n) is 9.41. The van der Waals surface area contributed by atoms with Crippen LogP contribution in [0.2, 0.25) is 5.02 Å². The van der Waals surface area contributed by atoms with Crippen LogP contribution < -0.4 is 5.73 Å². The number of hydrogen-bond acceptors (Lipinski definition) is 2. The molecule has 0 bridgehead atoms. The van der Waals surface area contributed by atoms with Gasteiger partial charge in [0.05, 0.1) is 11.1 Å². The average molecular weight is 254 g/mol. The van der Waals surface area contributed by atoms with Crippen molar-refractivity contribution in [3.8, 4) is 0 Å². The van der Waals surface area contributed by atoms with Crippen molar-refractivity contribution < 1.29 is 8.81 Å². The summed E-state index contributed by atoms with van der Waals surface area (Å²) < 4.78 is 19.1. The molecule has 4 heteroatoms. The van der Waals surface area contributed by atoms with E-state index < -0.39 is 5.82 Å². The predicted molar refractivity (Wildman–Crippen MR) is 65.5 cm³/mol. The Morgan fingerprint density at radius 1 is 1.35 bits per heavy atom. The Morgan fingerprint density at radius 3 is 2.76 bits per heavy atom. The van der Waals surface area contributed by atoms with Crippen LogP contribution in [0.15, 0.2) is 34.7 Å². The molecule has 0 amide bonds. The third kappa shape index (κ3) is 2.68. The summed E-state index contributed by atoms with van der Waals surface area (Å²) in [6.45, 7) is 1.84. The molecule has 2 N–H and O–H groups in total. The van der Waals surface area contributed by atoms with Gasteiger partial charge in [0.25, 0.3) is 0 Å². The molecule has 17 heavy (non-hydrogen) atoms. The summed E-state index contributed by atoms with van der Waals surface area (Å²) in [7, 11) is 0. The number of nitrogens with two attached hydrogens (primary N) is 1. The molecule has 0 aliphatic heterocycles. The van der Waals surface area contributed by atoms with Gasteiger partial charge in [-0.15, -0.1) is 0 Å². The molecule has 1 unspecified atom stereocenters. The van der Waals surface area contributed by atoms with Gasteiger partial charge in [-0.1, -0.05) is 23.7 Å². The molecule has 2 nitrogen and oxygen atoms in total. The summed E-state index contributed by atoms with van der Waals surface area (Å²) in [5.74, 6) is 1.04. The molecule has 0 saturated carbocycles. The van der Waals surface area contributed by atoms with Crippen LogP contribution in [0.25, 0.3) is 0 Å². The van der Waals surface area contributed by atoms with Crippen molar-refractivity contribution in [2.75, 3.05) is 0 Å². The second-order valence-electron chi connectivity index (χ2n) is 3.97. The zero-order chi connectivity index (χ0) is 12.4. The lowest BCUT2D eigenvalue weighted by Gasteiger charge is -2.10. The predicted octanol–water partition coefficient (Wildman–Crippen LogP) is 3.62. The molecular weight excluding hydrogens is 241 g/mol. The minimum absolute atomic E-state index is 0.116. The van der Waals surface area contributed by atoms with Crippen molar-refractivity contribution >= 4 is 11.6 Å². The molecule has 0 spiro atoms. The van der Waals surface area contributed by atoms with E-state index in [9.17, 15) is 4.39 Å². The quantitative estimate of drug-likeness (QED) is 0.907. The van der Waals surface area contributed by atoms with Crippen LogP contribution in [-0.2, 0) is 6.42 Å². The van der Waals surface area contributed by atoms with Crippen molar-refractivity contribution in [3.63, 3.8) is 0 Å². The van der Waals surface area contributed by atoms with E-state index in [1.165, 1.54) is 6.07 Å². The van der Waals surface area contributed by atoms with Gasteiger partial charge < -0.3 is 10.2 Å². The number of aryl methyl sites for hydroxylation is 1. The van der Waals surface area contributed by atoms with E-state index in [0.29, 0.717) is 17.7 Å². The highest BCUT2D eigenvalue weighted by Gasteiger charge is 2.14. The molecular formula is C13H13ClFNO. The summed E-state index contributed by atoms with van der Waals surface area (Å²) in [5, 5.41) is 0.116. The number of benzene rings is 1. The Morgan fingerprint density at radius 2 is 2.12 bits per heavy atom. The van der Waals surface area contributed by atoms with Crippen LogP contribution in [0.1, 0.15) is 23.1 Å². The first-order valence-corrected chi connectivity index (χ1v) is 5.70. The number of hydrogen-bond donors (Lipinski definition) is 1. The highest BCUT2D eigenvalue weighted by Crippen LogP contribution is 2.23. The third-order valence-corrected chi connectivity index (χ3v) is 2.89. The molecule has 2 aromatic rings. The van der Waals surface area contributed by atoms with Gasteiger partial charge in [0.15, 0.2) is 0 Å². The molecule has 2 rings (SSSR count). The highest BCUT2D eigenvalue weighted by atomic mass is 35.5. The second-order valence-corrected chi connectivity index (χ2v) is 4.38. The fourth-order valence-corrected chi connectivity index (χ4v) is 1.89. The van der Waals surface area contributed by atoms with Gasteiger partial charge in [0.2, 0.25) is 0 Å². The van der Waals surface area contributed by atoms with Crippen LogP contribution in [0.3, 0.4) is 0 Å². The molecule has 0 saturated heterocycles. The van der Waals surface area contributed by atoms with Crippen LogP contribution in [0.4, 0.5) is 4.39 Å². The van der Waals surface area contributed by atoms with Crippen molar-refractivity contribution in [2.45, 2.75) is 19.4 Å². The molecule has 1 aromatic heterocycles. The van der Waals surface area contributed by atoms with E-state index in [4.69, 9.17) is 21.8 Å². The van der Waals surface area contributed by atoms with E-state index in [0.717, 1.165) is 5.76 Å². The van der Waals surface area contributed by atoms with Gasteiger partial charge in [0.1, 0.15) is 17.3 Å². The second kappa shape index (κ2) is 4.90. The van der Waals surface area contributed by atoms with E-state index in [1.54, 1.807) is 12.1 Å². The maximum Gasteiger partial charge on any atom is 0.145 e. The standard InChI is InChI=1S/C13H13ClFNO/c1-8-5-6-12(17-8)11(16)7-9-3-2-4-10(14)13(9)15/h2-6,11H,7,16H2,1H3. The number of rotatable bonds is 3. The summed E-state index contributed by atoms with van der Waals surface area (Å²) in [6, 6.07) is 8.18. The van der Waals surface area contributed by atoms with Gasteiger partial charge in [-0.05, 0) is 37.1 Å². The molecule has 0 aliphatic rings. The fourth-order valence-electron chi connectivity index (χ4n) is 1.70. The minimum Gasteiger partial charge on any atom is -0.465 e. The smallest absolute Gasteiger partial charge is 0.145 e. The van der Waals surface area contributed by atoms with Crippen molar-refractivity contribution in [2.24, 2.45) is 5.73 Å². The summed E-state index contributed by atoms with van der Waals surface area (Å²) in [5.41, 5.74) is 6.45. The van der Waals surface area contributed by atoms with Gasteiger partial charge in [-0.3, -0.25) is 0 Å². The Hall–Kier alpha value is -1.32. The molecule has 0 radical (unpaired) electrons. The monoisotopic (exact) mass is 253 g/mol. The lowest BCUT2D eigenvalue weighted by molar-refractivity contribution is 0.442. The molecule has 90 valence electrons. The van der Waals surface area contributed by atoms with E-state index in [2.05, 4.69) is 0 Å². The van der Waals surface area contributed by atoms with Gasteiger partial charge in [-0.25, -0.2) is 4.39 Å². The van der Waals surface area contributed by atoms with Gasteiger partial charge in [-0.2, -0.15) is 0 Å². The van der Waals surface area contributed by atoms with Crippen molar-refractivity contribution in [1.29, 1.82) is 0 Å². The van der Waals surface area contributed by atoms with Crippen LogP contribution >= 0.6 is 11.6 Å². The number of halogens is 2. The largest absolute Gasteiger partial charge is 0.465 e. The lowest BCUT2D eigenvalue weighted by atomic mass is 10.0. The minimum atomic E-state index is -0.409. The van der Waals surface area contributed by atoms with Crippen LogP contribution in [-0.4, -0.2) is 0 Å². The molecule has 1 aromatic carbocycles. The van der Waals surface area contributed by atoms with Gasteiger partial charge >= 0.3 is 0 Å². The van der Waals surface area contributed by atoms with Crippen molar-refractivity contribution in [1.82, 2.24) is 0 Å². The van der Waals surface area contributed by atoms with E-state index in [1.807, 2.05) is 19.1 Å². The van der Waals surface area contributed by atoms with Crippen LogP contribution in [0.5, 0.6) is 0 Å². The van der Waals surface area contributed by atoms with Crippen molar-refractivity contribution in [3.05, 3.63) is 58.3 Å². The Balaban J connectivity index is 2.18. The summed E-state index contributed by atoms with van der Waals surface area (Å²) in [6.07, 6.45) is 0.360. The van der Waals surface area contributed by atoms with E-state index >= 15 is 0 Å². The Bertz CT molecular complexity index is 524. The Labute approximate surface area is 104 Å².